The lowest BCUT2D eigenvalue weighted by molar-refractivity contribution is 0.300. The Bertz CT molecular complexity index is 449. The minimum atomic E-state index is 0.105. The Kier molecular flexibility index (Phi) is 2.37. The van der Waals surface area contributed by atoms with Gasteiger partial charge in [-0.3, -0.25) is 0 Å². The second-order valence-corrected chi connectivity index (χ2v) is 3.30. The van der Waals surface area contributed by atoms with E-state index in [1.807, 2.05) is 24.3 Å². The van der Waals surface area contributed by atoms with Gasteiger partial charge in [-0.2, -0.15) is 0 Å². The molecular formula is C12H12O2. The molecule has 0 fully saturated rings. The van der Waals surface area contributed by atoms with E-state index in [2.05, 4.69) is 0 Å². The van der Waals surface area contributed by atoms with Crippen molar-refractivity contribution in [2.45, 2.75) is 6.42 Å². The molecule has 2 nitrogen and oxygen atoms in total. The largest absolute Gasteiger partial charge is 0.508 e. The van der Waals surface area contributed by atoms with E-state index in [1.165, 1.54) is 0 Å². The van der Waals surface area contributed by atoms with Crippen LogP contribution in [0.3, 0.4) is 0 Å². The maximum atomic E-state index is 9.46. The summed E-state index contributed by atoms with van der Waals surface area (Å²) in [5.74, 6) is 0.257. The second-order valence-electron chi connectivity index (χ2n) is 3.30. The number of aromatic hydroxyl groups is 1. The van der Waals surface area contributed by atoms with Gasteiger partial charge in [0.15, 0.2) is 0 Å². The molecule has 0 heterocycles. The molecule has 0 radical (unpaired) electrons. The molecule has 0 aliphatic carbocycles. The van der Waals surface area contributed by atoms with Gasteiger partial charge in [-0.15, -0.1) is 0 Å². The molecule has 2 aromatic rings. The zero-order chi connectivity index (χ0) is 9.97. The first kappa shape index (κ1) is 9.03. The van der Waals surface area contributed by atoms with Crippen molar-refractivity contribution in [3.8, 4) is 5.75 Å². The Morgan fingerprint density at radius 1 is 1.07 bits per heavy atom. The van der Waals surface area contributed by atoms with Gasteiger partial charge in [0.2, 0.25) is 0 Å². The minimum absolute atomic E-state index is 0.105. The van der Waals surface area contributed by atoms with E-state index in [4.69, 9.17) is 5.11 Å². The average Bonchev–Trinajstić information content (AvgIpc) is 2.18. The number of hydrogen-bond donors (Lipinski definition) is 2. The summed E-state index contributed by atoms with van der Waals surface area (Å²) in [5.41, 5.74) is 0.989. The monoisotopic (exact) mass is 188 g/mol. The normalized spacial score (nSPS) is 10.6. The van der Waals surface area contributed by atoms with Crippen LogP contribution < -0.4 is 0 Å². The molecule has 0 aromatic heterocycles. The number of fused-ring (bicyclic) bond motifs is 1. The molecule has 14 heavy (non-hydrogen) atoms. The summed E-state index contributed by atoms with van der Waals surface area (Å²) >= 11 is 0. The van der Waals surface area contributed by atoms with Gasteiger partial charge in [-0.1, -0.05) is 24.3 Å². The number of hydrogen-bond acceptors (Lipinski definition) is 2. The Labute approximate surface area is 82.4 Å². The summed E-state index contributed by atoms with van der Waals surface area (Å²) in [6, 6.07) is 11.3. The average molecular weight is 188 g/mol. The van der Waals surface area contributed by atoms with Gasteiger partial charge in [0.05, 0.1) is 0 Å². The SMILES string of the molecule is OCCc1cc(O)cc2ccccc12. The molecule has 2 N–H and O–H groups in total. The summed E-state index contributed by atoms with van der Waals surface area (Å²) in [7, 11) is 0. The van der Waals surface area contributed by atoms with E-state index in [-0.39, 0.29) is 12.4 Å². The molecule has 2 heteroatoms. The van der Waals surface area contributed by atoms with Crippen molar-refractivity contribution in [1.82, 2.24) is 0 Å². The Morgan fingerprint density at radius 2 is 1.86 bits per heavy atom. The third-order valence-corrected chi connectivity index (χ3v) is 2.31. The third-order valence-electron chi connectivity index (χ3n) is 2.31. The van der Waals surface area contributed by atoms with Gasteiger partial charge in [0.25, 0.3) is 0 Å². The first-order valence-corrected chi connectivity index (χ1v) is 4.63. The van der Waals surface area contributed by atoms with Gasteiger partial charge in [-0.05, 0) is 34.9 Å². The zero-order valence-corrected chi connectivity index (χ0v) is 7.77. The van der Waals surface area contributed by atoms with Crippen LogP contribution in [0, 0.1) is 0 Å². The minimum Gasteiger partial charge on any atom is -0.508 e. The molecule has 0 aliphatic heterocycles. The number of phenols is 1. The maximum Gasteiger partial charge on any atom is 0.116 e. The Morgan fingerprint density at radius 3 is 2.64 bits per heavy atom. The topological polar surface area (TPSA) is 40.5 Å². The van der Waals surface area contributed by atoms with Crippen molar-refractivity contribution in [3.05, 3.63) is 42.0 Å². The van der Waals surface area contributed by atoms with Crippen molar-refractivity contribution in [2.24, 2.45) is 0 Å². The molecule has 0 spiro atoms. The smallest absolute Gasteiger partial charge is 0.116 e. The van der Waals surface area contributed by atoms with E-state index in [1.54, 1.807) is 12.1 Å². The summed E-state index contributed by atoms with van der Waals surface area (Å²) in [4.78, 5) is 0. The van der Waals surface area contributed by atoms with Crippen LogP contribution in [-0.2, 0) is 6.42 Å². The lowest BCUT2D eigenvalue weighted by Gasteiger charge is -2.05. The van der Waals surface area contributed by atoms with Crippen LogP contribution >= 0.6 is 0 Å². The van der Waals surface area contributed by atoms with Gasteiger partial charge in [0, 0.05) is 6.61 Å². The van der Waals surface area contributed by atoms with E-state index in [9.17, 15) is 5.11 Å². The summed E-state index contributed by atoms with van der Waals surface area (Å²) in [6.45, 7) is 0.105. The van der Waals surface area contributed by atoms with E-state index >= 15 is 0 Å². The first-order valence-electron chi connectivity index (χ1n) is 4.63. The Balaban J connectivity index is 2.67. The van der Waals surface area contributed by atoms with Crippen LogP contribution in [0.1, 0.15) is 5.56 Å². The van der Waals surface area contributed by atoms with Crippen LogP contribution in [0.15, 0.2) is 36.4 Å². The molecule has 72 valence electrons. The number of aliphatic hydroxyl groups excluding tert-OH is 1. The van der Waals surface area contributed by atoms with E-state index in [0.29, 0.717) is 6.42 Å². The number of rotatable bonds is 2. The molecular weight excluding hydrogens is 176 g/mol. The molecule has 2 aromatic carbocycles. The molecule has 0 aliphatic rings. The Hall–Kier alpha value is -1.54. The van der Waals surface area contributed by atoms with E-state index in [0.717, 1.165) is 16.3 Å². The van der Waals surface area contributed by atoms with Crippen molar-refractivity contribution >= 4 is 10.8 Å². The fourth-order valence-electron chi connectivity index (χ4n) is 1.70. The van der Waals surface area contributed by atoms with Crippen molar-refractivity contribution in [3.63, 3.8) is 0 Å². The van der Waals surface area contributed by atoms with Crippen molar-refractivity contribution in [2.75, 3.05) is 6.61 Å². The van der Waals surface area contributed by atoms with Crippen LogP contribution in [0.2, 0.25) is 0 Å². The predicted molar refractivity (Wildman–Crippen MR) is 56.4 cm³/mol. The molecule has 0 bridgehead atoms. The third kappa shape index (κ3) is 1.56. The maximum absolute atomic E-state index is 9.46. The van der Waals surface area contributed by atoms with Crippen LogP contribution in [-0.4, -0.2) is 16.8 Å². The summed E-state index contributed by atoms with van der Waals surface area (Å²) in [5, 5.41) is 20.5. The summed E-state index contributed by atoms with van der Waals surface area (Å²) in [6.07, 6.45) is 0.578. The van der Waals surface area contributed by atoms with E-state index < -0.39 is 0 Å². The number of aliphatic hydroxyl groups is 1. The van der Waals surface area contributed by atoms with Crippen molar-refractivity contribution < 1.29 is 10.2 Å². The highest BCUT2D eigenvalue weighted by Crippen LogP contribution is 2.24. The van der Waals surface area contributed by atoms with Crippen molar-refractivity contribution in [1.29, 1.82) is 0 Å². The number of phenolic OH excluding ortho intramolecular Hbond substituents is 1. The highest BCUT2D eigenvalue weighted by molar-refractivity contribution is 5.87. The van der Waals surface area contributed by atoms with Crippen LogP contribution in [0.5, 0.6) is 5.75 Å². The number of benzene rings is 2. The highest BCUT2D eigenvalue weighted by atomic mass is 16.3. The standard InChI is InChI=1S/C12H12O2/c13-6-5-10-8-11(14)7-9-3-1-2-4-12(9)10/h1-4,7-8,13-14H,5-6H2. The van der Waals surface area contributed by atoms with Gasteiger partial charge in [0.1, 0.15) is 5.75 Å². The van der Waals surface area contributed by atoms with Crippen LogP contribution in [0.25, 0.3) is 10.8 Å². The molecule has 0 saturated heterocycles. The zero-order valence-electron chi connectivity index (χ0n) is 7.77. The van der Waals surface area contributed by atoms with Crippen LogP contribution in [0.4, 0.5) is 0 Å². The van der Waals surface area contributed by atoms with Gasteiger partial charge >= 0.3 is 0 Å². The molecule has 0 atom stereocenters. The lowest BCUT2D eigenvalue weighted by atomic mass is 10.0. The summed E-state index contributed by atoms with van der Waals surface area (Å²) < 4.78 is 0. The van der Waals surface area contributed by atoms with Gasteiger partial charge in [-0.25, -0.2) is 0 Å². The highest BCUT2D eigenvalue weighted by Gasteiger charge is 2.02. The lowest BCUT2D eigenvalue weighted by Crippen LogP contribution is -1.91. The predicted octanol–water partition coefficient (Wildman–Crippen LogP) is 2.08. The van der Waals surface area contributed by atoms with Gasteiger partial charge < -0.3 is 10.2 Å². The second kappa shape index (κ2) is 3.68. The molecule has 0 amide bonds. The molecule has 0 saturated carbocycles. The fourth-order valence-corrected chi connectivity index (χ4v) is 1.70. The first-order chi connectivity index (χ1) is 6.81. The molecule has 0 unspecified atom stereocenters. The quantitative estimate of drug-likeness (QED) is 0.757. The fraction of sp³-hybridized carbons (Fsp3) is 0.167. The molecule has 2 rings (SSSR count).